The molecule has 0 bridgehead atoms. The largest absolute Gasteiger partial charge is 0.380 e. The van der Waals surface area contributed by atoms with Crippen LogP contribution in [0.1, 0.15) is 32.6 Å². The van der Waals surface area contributed by atoms with Gasteiger partial charge < -0.3 is 10.1 Å². The first-order chi connectivity index (χ1) is 7.15. The van der Waals surface area contributed by atoms with Crippen LogP contribution in [0.25, 0.3) is 0 Å². The number of nitrogens with one attached hydrogen (secondary N) is 1. The van der Waals surface area contributed by atoms with E-state index in [0.717, 1.165) is 18.9 Å². The van der Waals surface area contributed by atoms with Crippen molar-refractivity contribution < 1.29 is 4.74 Å². The summed E-state index contributed by atoms with van der Waals surface area (Å²) in [6.07, 6.45) is 1.82. The van der Waals surface area contributed by atoms with Crippen LogP contribution in [0.15, 0.2) is 6.33 Å². The average molecular weight is 212 g/mol. The zero-order valence-electron chi connectivity index (χ0n) is 9.90. The van der Waals surface area contributed by atoms with Gasteiger partial charge >= 0.3 is 0 Å². The number of rotatable bonds is 6. The van der Waals surface area contributed by atoms with Gasteiger partial charge in [0.05, 0.1) is 12.6 Å². The highest BCUT2D eigenvalue weighted by molar-refractivity contribution is 4.85. The Morgan fingerprint density at radius 1 is 1.47 bits per heavy atom. The Balaban J connectivity index is 2.40. The normalized spacial score (nSPS) is 13.4. The molecule has 0 fully saturated rings. The van der Waals surface area contributed by atoms with Crippen molar-refractivity contribution in [2.45, 2.75) is 39.5 Å². The van der Waals surface area contributed by atoms with Crippen molar-refractivity contribution in [3.8, 4) is 0 Å². The molecule has 0 aliphatic carbocycles. The molecule has 1 unspecified atom stereocenters. The maximum absolute atomic E-state index is 5.14. The number of aromatic nitrogens is 3. The fraction of sp³-hybridized carbons (Fsp3) is 0.800. The molecule has 0 saturated carbocycles. The predicted octanol–water partition coefficient (Wildman–Crippen LogP) is 0.983. The highest BCUT2D eigenvalue weighted by Gasteiger charge is 2.07. The minimum atomic E-state index is 0.223. The van der Waals surface area contributed by atoms with Gasteiger partial charge in [0.2, 0.25) is 0 Å². The summed E-state index contributed by atoms with van der Waals surface area (Å²) in [5.74, 6) is 0.966. The Morgan fingerprint density at radius 3 is 2.80 bits per heavy atom. The second-order valence-electron chi connectivity index (χ2n) is 3.89. The highest BCUT2D eigenvalue weighted by atomic mass is 16.5. The third-order valence-electron chi connectivity index (χ3n) is 2.25. The molecule has 0 aromatic carbocycles. The summed E-state index contributed by atoms with van der Waals surface area (Å²) >= 11 is 0. The molecule has 1 atom stereocenters. The van der Waals surface area contributed by atoms with Crippen LogP contribution in [-0.4, -0.2) is 34.5 Å². The van der Waals surface area contributed by atoms with Gasteiger partial charge in [-0.2, -0.15) is 5.10 Å². The molecule has 1 rings (SSSR count). The van der Waals surface area contributed by atoms with Gasteiger partial charge in [-0.1, -0.05) is 0 Å². The Hall–Kier alpha value is -0.940. The molecule has 1 aromatic heterocycles. The summed E-state index contributed by atoms with van der Waals surface area (Å²) in [5.41, 5.74) is 0. The van der Waals surface area contributed by atoms with E-state index < -0.39 is 0 Å². The van der Waals surface area contributed by atoms with Gasteiger partial charge in [-0.25, -0.2) is 9.67 Å². The maximum atomic E-state index is 5.14. The Labute approximate surface area is 90.8 Å². The van der Waals surface area contributed by atoms with Gasteiger partial charge in [0.1, 0.15) is 12.2 Å². The van der Waals surface area contributed by atoms with Crippen molar-refractivity contribution in [1.29, 1.82) is 0 Å². The van der Waals surface area contributed by atoms with Crippen LogP contribution in [0.4, 0.5) is 0 Å². The quantitative estimate of drug-likeness (QED) is 0.764. The summed E-state index contributed by atoms with van der Waals surface area (Å²) < 4.78 is 7.06. The van der Waals surface area contributed by atoms with Crippen molar-refractivity contribution >= 4 is 0 Å². The predicted molar refractivity (Wildman–Crippen MR) is 58.6 cm³/mol. The number of hydrogen-bond acceptors (Lipinski definition) is 4. The zero-order chi connectivity index (χ0) is 11.3. The van der Waals surface area contributed by atoms with E-state index in [1.807, 2.05) is 11.6 Å². The van der Waals surface area contributed by atoms with Crippen molar-refractivity contribution in [2.75, 3.05) is 13.7 Å². The molecule has 1 aromatic rings. The van der Waals surface area contributed by atoms with E-state index in [1.165, 1.54) is 0 Å². The Bertz CT molecular complexity index is 285. The van der Waals surface area contributed by atoms with Crippen LogP contribution in [0.3, 0.4) is 0 Å². The van der Waals surface area contributed by atoms with Gasteiger partial charge in [0, 0.05) is 19.7 Å². The Morgan fingerprint density at radius 2 is 2.20 bits per heavy atom. The molecular weight excluding hydrogens is 192 g/mol. The van der Waals surface area contributed by atoms with E-state index in [1.54, 1.807) is 13.4 Å². The molecule has 1 heterocycles. The molecule has 1 N–H and O–H groups in total. The van der Waals surface area contributed by atoms with Crippen molar-refractivity contribution in [3.63, 3.8) is 0 Å². The van der Waals surface area contributed by atoms with E-state index in [0.29, 0.717) is 6.04 Å². The molecule has 0 amide bonds. The first kappa shape index (κ1) is 12.1. The van der Waals surface area contributed by atoms with Crippen LogP contribution in [-0.2, 0) is 11.3 Å². The third-order valence-corrected chi connectivity index (χ3v) is 2.25. The lowest BCUT2D eigenvalue weighted by Gasteiger charge is -2.12. The van der Waals surface area contributed by atoms with Gasteiger partial charge in [-0.15, -0.1) is 0 Å². The fourth-order valence-electron chi connectivity index (χ4n) is 1.30. The van der Waals surface area contributed by atoms with E-state index >= 15 is 0 Å². The minimum absolute atomic E-state index is 0.223. The number of hydrogen-bond donors (Lipinski definition) is 1. The van der Waals surface area contributed by atoms with Gasteiger partial charge in [-0.3, -0.25) is 0 Å². The smallest absolute Gasteiger partial charge is 0.141 e. The van der Waals surface area contributed by atoms with Crippen molar-refractivity contribution in [3.05, 3.63) is 12.2 Å². The summed E-state index contributed by atoms with van der Waals surface area (Å²) in [5, 5.41) is 7.45. The average Bonchev–Trinajstić information content (AvgIpc) is 2.65. The maximum Gasteiger partial charge on any atom is 0.141 e. The summed E-state index contributed by atoms with van der Waals surface area (Å²) in [6, 6.07) is 0.351. The topological polar surface area (TPSA) is 52.0 Å². The van der Waals surface area contributed by atoms with Gasteiger partial charge in [0.25, 0.3) is 0 Å². The zero-order valence-corrected chi connectivity index (χ0v) is 9.90. The van der Waals surface area contributed by atoms with Crippen LogP contribution < -0.4 is 5.32 Å². The summed E-state index contributed by atoms with van der Waals surface area (Å²) in [6.45, 7) is 7.76. The molecule has 0 aliphatic heterocycles. The first-order valence-electron chi connectivity index (χ1n) is 5.27. The standard InChI is InChI=1S/C10H20N4O/c1-8(2)14-10(12-7-13-14)6-11-5-9(3)15-4/h7-9,11H,5-6H2,1-4H3. The fourth-order valence-corrected chi connectivity index (χ4v) is 1.30. The molecule has 15 heavy (non-hydrogen) atoms. The molecule has 86 valence electrons. The number of nitrogens with zero attached hydrogens (tertiary/aromatic N) is 3. The van der Waals surface area contributed by atoms with Gasteiger partial charge in [0.15, 0.2) is 0 Å². The van der Waals surface area contributed by atoms with E-state index in [2.05, 4.69) is 29.2 Å². The number of ether oxygens (including phenoxy) is 1. The molecular formula is C10H20N4O. The molecule has 5 heteroatoms. The third kappa shape index (κ3) is 3.60. The second-order valence-corrected chi connectivity index (χ2v) is 3.89. The molecule has 0 saturated heterocycles. The summed E-state index contributed by atoms with van der Waals surface area (Å²) in [7, 11) is 1.71. The van der Waals surface area contributed by atoms with E-state index in [-0.39, 0.29) is 6.10 Å². The van der Waals surface area contributed by atoms with Gasteiger partial charge in [-0.05, 0) is 20.8 Å². The Kier molecular flexibility index (Phi) is 4.71. The molecule has 5 nitrogen and oxygen atoms in total. The van der Waals surface area contributed by atoms with Crippen LogP contribution in [0, 0.1) is 0 Å². The number of methoxy groups -OCH3 is 1. The second kappa shape index (κ2) is 5.82. The van der Waals surface area contributed by atoms with Crippen molar-refractivity contribution in [1.82, 2.24) is 20.1 Å². The van der Waals surface area contributed by atoms with Crippen LogP contribution >= 0.6 is 0 Å². The minimum Gasteiger partial charge on any atom is -0.380 e. The summed E-state index contributed by atoms with van der Waals surface area (Å²) in [4.78, 5) is 4.21. The van der Waals surface area contributed by atoms with Crippen LogP contribution in [0.2, 0.25) is 0 Å². The lowest BCUT2D eigenvalue weighted by Crippen LogP contribution is -2.27. The molecule has 0 spiro atoms. The SMILES string of the molecule is COC(C)CNCc1ncnn1C(C)C. The van der Waals surface area contributed by atoms with Crippen molar-refractivity contribution in [2.24, 2.45) is 0 Å². The van der Waals surface area contributed by atoms with E-state index in [4.69, 9.17) is 4.74 Å². The molecule has 0 aliphatic rings. The highest BCUT2D eigenvalue weighted by Crippen LogP contribution is 2.04. The molecule has 0 radical (unpaired) electrons. The van der Waals surface area contributed by atoms with E-state index in [9.17, 15) is 0 Å². The van der Waals surface area contributed by atoms with Crippen LogP contribution in [0.5, 0.6) is 0 Å². The lowest BCUT2D eigenvalue weighted by molar-refractivity contribution is 0.116. The monoisotopic (exact) mass is 212 g/mol. The first-order valence-corrected chi connectivity index (χ1v) is 5.27. The lowest BCUT2D eigenvalue weighted by atomic mass is 10.4.